The Morgan fingerprint density at radius 3 is 2.51 bits per heavy atom. The fourth-order valence-electron chi connectivity index (χ4n) is 4.70. The summed E-state index contributed by atoms with van der Waals surface area (Å²) < 4.78 is 0. The van der Waals surface area contributed by atoms with E-state index in [2.05, 4.69) is 53.3 Å². The number of hydrogen-bond donors (Lipinski definition) is 1. The number of carbonyl (C=O) groups excluding carboxylic acids is 1. The number of rotatable bonds is 4. The van der Waals surface area contributed by atoms with Gasteiger partial charge in [0.05, 0.1) is 11.3 Å². The van der Waals surface area contributed by atoms with E-state index in [0.29, 0.717) is 5.69 Å². The average Bonchev–Trinajstić information content (AvgIpc) is 3.17. The molecule has 3 aromatic rings. The van der Waals surface area contributed by atoms with Crippen LogP contribution < -0.4 is 9.91 Å². The lowest BCUT2D eigenvalue weighted by Crippen LogP contribution is -2.24. The third-order valence-corrected chi connectivity index (χ3v) is 6.76. The highest BCUT2D eigenvalue weighted by molar-refractivity contribution is 6.53. The second kappa shape index (κ2) is 8.87. The Morgan fingerprint density at radius 2 is 1.77 bits per heavy atom. The van der Waals surface area contributed by atoms with Crippen LogP contribution >= 0.6 is 0 Å². The predicted molar refractivity (Wildman–Crippen MR) is 139 cm³/mol. The first-order valence-corrected chi connectivity index (χ1v) is 11.8. The third-order valence-electron chi connectivity index (χ3n) is 6.76. The zero-order chi connectivity index (χ0) is 24.7. The van der Waals surface area contributed by atoms with Crippen molar-refractivity contribution in [2.75, 3.05) is 16.5 Å². The van der Waals surface area contributed by atoms with E-state index in [0.717, 1.165) is 47.5 Å². The third kappa shape index (κ3) is 4.12. The van der Waals surface area contributed by atoms with Crippen LogP contribution in [0, 0.1) is 20.8 Å². The second-order valence-corrected chi connectivity index (χ2v) is 9.13. The standard InChI is InChI=1S/C29H27N3O3/c1-18-9-12-23(13-10-18)31-15-5-7-22-16-21(11-14-26(22)31)17-24-27(29(34)35)30-32(28(24)33)25-8-4-6-19(2)20(25)3/h4,6,8-14,16-17H,5,7,15H2,1-3H3,(H,34,35). The number of nitrogens with zero attached hydrogens (tertiary/aromatic N) is 3. The highest BCUT2D eigenvalue weighted by Crippen LogP contribution is 2.35. The molecule has 0 saturated heterocycles. The van der Waals surface area contributed by atoms with Gasteiger partial charge in [0.2, 0.25) is 0 Å². The van der Waals surface area contributed by atoms with Crippen molar-refractivity contribution in [1.82, 2.24) is 0 Å². The van der Waals surface area contributed by atoms with E-state index in [1.165, 1.54) is 16.1 Å². The van der Waals surface area contributed by atoms with Crippen molar-refractivity contribution >= 4 is 40.7 Å². The molecule has 0 fully saturated rings. The maximum absolute atomic E-state index is 13.3. The maximum atomic E-state index is 13.3. The van der Waals surface area contributed by atoms with Crippen molar-refractivity contribution in [3.8, 4) is 0 Å². The smallest absolute Gasteiger partial charge is 0.357 e. The zero-order valence-electron chi connectivity index (χ0n) is 20.1. The molecule has 176 valence electrons. The van der Waals surface area contributed by atoms with E-state index in [4.69, 9.17) is 0 Å². The molecule has 35 heavy (non-hydrogen) atoms. The summed E-state index contributed by atoms with van der Waals surface area (Å²) in [6, 6.07) is 20.1. The molecule has 2 heterocycles. The molecule has 3 aromatic carbocycles. The Morgan fingerprint density at radius 1 is 1.00 bits per heavy atom. The van der Waals surface area contributed by atoms with Gasteiger partial charge in [-0.05, 0) is 92.3 Å². The summed E-state index contributed by atoms with van der Waals surface area (Å²) in [7, 11) is 0. The predicted octanol–water partition coefficient (Wildman–Crippen LogP) is 5.57. The molecular weight excluding hydrogens is 438 g/mol. The van der Waals surface area contributed by atoms with Gasteiger partial charge in [0.25, 0.3) is 5.91 Å². The van der Waals surface area contributed by atoms with Crippen LogP contribution in [0.3, 0.4) is 0 Å². The van der Waals surface area contributed by atoms with Crippen LogP contribution in [0.15, 0.2) is 71.3 Å². The van der Waals surface area contributed by atoms with E-state index < -0.39 is 11.9 Å². The molecule has 0 spiro atoms. The largest absolute Gasteiger partial charge is 0.476 e. The molecular formula is C29H27N3O3. The molecule has 6 heteroatoms. The van der Waals surface area contributed by atoms with Crippen molar-refractivity contribution < 1.29 is 14.7 Å². The van der Waals surface area contributed by atoms with E-state index in [1.54, 1.807) is 12.1 Å². The van der Waals surface area contributed by atoms with E-state index in [1.807, 2.05) is 32.0 Å². The molecule has 0 unspecified atom stereocenters. The van der Waals surface area contributed by atoms with Gasteiger partial charge in [-0.2, -0.15) is 10.1 Å². The van der Waals surface area contributed by atoms with Gasteiger partial charge in [-0.15, -0.1) is 0 Å². The lowest BCUT2D eigenvalue weighted by molar-refractivity contribution is -0.129. The fourth-order valence-corrected chi connectivity index (χ4v) is 4.70. The molecule has 2 aliphatic rings. The first-order chi connectivity index (χ1) is 16.8. The van der Waals surface area contributed by atoms with E-state index >= 15 is 0 Å². The molecule has 2 aliphatic heterocycles. The van der Waals surface area contributed by atoms with Gasteiger partial charge in [-0.3, -0.25) is 4.79 Å². The number of hydrazone groups is 1. The number of benzene rings is 3. The van der Waals surface area contributed by atoms with E-state index in [-0.39, 0.29) is 11.3 Å². The van der Waals surface area contributed by atoms with Crippen LogP contribution in [0.1, 0.15) is 34.2 Å². The van der Waals surface area contributed by atoms with Gasteiger partial charge >= 0.3 is 5.97 Å². The number of aliphatic carboxylic acids is 1. The van der Waals surface area contributed by atoms with Gasteiger partial charge < -0.3 is 10.0 Å². The summed E-state index contributed by atoms with van der Waals surface area (Å²) in [6.45, 7) is 6.87. The van der Waals surface area contributed by atoms with Gasteiger partial charge in [0.15, 0.2) is 5.71 Å². The zero-order valence-corrected chi connectivity index (χ0v) is 20.1. The van der Waals surface area contributed by atoms with Gasteiger partial charge in [-0.1, -0.05) is 35.9 Å². The van der Waals surface area contributed by atoms with Crippen molar-refractivity contribution in [1.29, 1.82) is 0 Å². The number of carboxylic acids is 1. The quantitative estimate of drug-likeness (QED) is 0.512. The second-order valence-electron chi connectivity index (χ2n) is 9.13. The van der Waals surface area contributed by atoms with Crippen molar-refractivity contribution in [2.45, 2.75) is 33.6 Å². The number of fused-ring (bicyclic) bond motifs is 1. The van der Waals surface area contributed by atoms with Crippen molar-refractivity contribution in [3.63, 3.8) is 0 Å². The van der Waals surface area contributed by atoms with Crippen molar-refractivity contribution in [3.05, 3.63) is 94.1 Å². The van der Waals surface area contributed by atoms with Crippen LogP contribution in [0.2, 0.25) is 0 Å². The summed E-state index contributed by atoms with van der Waals surface area (Å²) in [6.07, 6.45) is 3.59. The average molecular weight is 466 g/mol. The maximum Gasteiger partial charge on any atom is 0.357 e. The lowest BCUT2D eigenvalue weighted by Gasteiger charge is -2.31. The number of aryl methyl sites for hydroxylation is 3. The van der Waals surface area contributed by atoms with Crippen LogP contribution in [0.25, 0.3) is 6.08 Å². The summed E-state index contributed by atoms with van der Waals surface area (Å²) in [4.78, 5) is 27.6. The Hall–Kier alpha value is -4.19. The summed E-state index contributed by atoms with van der Waals surface area (Å²) in [5.41, 5.74) is 7.82. The number of anilines is 3. The normalized spacial score (nSPS) is 16.5. The summed E-state index contributed by atoms with van der Waals surface area (Å²) in [5, 5.41) is 15.2. The Balaban J connectivity index is 1.51. The van der Waals surface area contributed by atoms with Gasteiger partial charge in [-0.25, -0.2) is 4.79 Å². The van der Waals surface area contributed by atoms with Crippen LogP contribution in [0.4, 0.5) is 17.1 Å². The number of carboxylic acid groups (broad SMARTS) is 1. The van der Waals surface area contributed by atoms with E-state index in [9.17, 15) is 14.7 Å². The SMILES string of the molecule is Cc1ccc(N2CCCc3cc(C=C4C(=O)N(c5cccc(C)c5C)N=C4C(=O)O)ccc32)cc1. The molecule has 0 aromatic heterocycles. The Kier molecular flexibility index (Phi) is 5.73. The number of amides is 1. The first-order valence-electron chi connectivity index (χ1n) is 11.8. The molecule has 1 N–H and O–H groups in total. The molecule has 1 amide bonds. The summed E-state index contributed by atoms with van der Waals surface area (Å²) in [5.74, 6) is -1.66. The number of carbonyl (C=O) groups is 2. The molecule has 0 bridgehead atoms. The molecule has 0 atom stereocenters. The van der Waals surface area contributed by atoms with Crippen LogP contribution in [-0.2, 0) is 16.0 Å². The Bertz CT molecular complexity index is 1400. The lowest BCUT2D eigenvalue weighted by atomic mass is 9.97. The van der Waals surface area contributed by atoms with Gasteiger partial charge in [0, 0.05) is 17.9 Å². The minimum atomic E-state index is -1.22. The minimum absolute atomic E-state index is 0.0876. The molecule has 5 rings (SSSR count). The highest BCUT2D eigenvalue weighted by Gasteiger charge is 2.36. The topological polar surface area (TPSA) is 73.2 Å². The Labute approximate surface area is 204 Å². The number of hydrogen-bond acceptors (Lipinski definition) is 4. The molecule has 0 saturated carbocycles. The van der Waals surface area contributed by atoms with Crippen LogP contribution in [0.5, 0.6) is 0 Å². The minimum Gasteiger partial charge on any atom is -0.476 e. The first kappa shape index (κ1) is 22.6. The molecule has 0 radical (unpaired) electrons. The molecule has 6 nitrogen and oxygen atoms in total. The highest BCUT2D eigenvalue weighted by atomic mass is 16.4. The van der Waals surface area contributed by atoms with Crippen molar-refractivity contribution in [2.24, 2.45) is 5.10 Å². The summed E-state index contributed by atoms with van der Waals surface area (Å²) >= 11 is 0. The fraction of sp³-hybridized carbons (Fsp3) is 0.207. The monoisotopic (exact) mass is 465 g/mol. The van der Waals surface area contributed by atoms with Crippen LogP contribution in [-0.4, -0.2) is 29.2 Å². The molecule has 0 aliphatic carbocycles. The van der Waals surface area contributed by atoms with Gasteiger partial charge in [0.1, 0.15) is 0 Å².